The van der Waals surface area contributed by atoms with Gasteiger partial charge in [-0.15, -0.1) is 0 Å². The van der Waals surface area contributed by atoms with Gasteiger partial charge in [-0.2, -0.15) is 0 Å². The highest BCUT2D eigenvalue weighted by molar-refractivity contribution is 5.93. The number of carbonyl (C=O) groups is 1. The van der Waals surface area contributed by atoms with E-state index in [4.69, 9.17) is 0 Å². The number of allylic oxidation sites excluding steroid dienone is 2. The summed E-state index contributed by atoms with van der Waals surface area (Å²) in [6.07, 6.45) is 3.69. The molecule has 2 aliphatic rings. The maximum Gasteiger partial charge on any atom is 0.271 e. The molecule has 0 spiro atoms. The second kappa shape index (κ2) is 6.96. The molecule has 1 saturated heterocycles. The Morgan fingerprint density at radius 3 is 2.53 bits per heavy atom. The standard InChI is InChI=1S/C10H16N4O.C2H6/c1-8-6-9(13-12-7-8)10(15)14-4-2-11-3-5-14;1-2/h6-7,11-13H,2-5H2,1H3;1-2H3. The first-order valence-electron chi connectivity index (χ1n) is 6.17. The van der Waals surface area contributed by atoms with E-state index in [1.165, 1.54) is 0 Å². The Hall–Kier alpha value is -1.49. The molecule has 1 amide bonds. The highest BCUT2D eigenvalue weighted by Crippen LogP contribution is 2.06. The van der Waals surface area contributed by atoms with Crippen molar-refractivity contribution >= 4 is 5.91 Å². The molecular formula is C12H22N4O. The highest BCUT2D eigenvalue weighted by Gasteiger charge is 2.20. The first-order chi connectivity index (χ1) is 8.27. The average molecular weight is 238 g/mol. The van der Waals surface area contributed by atoms with E-state index >= 15 is 0 Å². The van der Waals surface area contributed by atoms with Crippen molar-refractivity contribution in [1.82, 2.24) is 21.1 Å². The molecular weight excluding hydrogens is 216 g/mol. The van der Waals surface area contributed by atoms with Crippen LogP contribution in [0.3, 0.4) is 0 Å². The minimum Gasteiger partial charge on any atom is -0.335 e. The quantitative estimate of drug-likeness (QED) is 0.616. The first kappa shape index (κ1) is 13.6. The minimum atomic E-state index is 0.0662. The molecule has 17 heavy (non-hydrogen) atoms. The first-order valence-corrected chi connectivity index (χ1v) is 6.17. The number of hydrogen-bond donors (Lipinski definition) is 3. The number of carbonyl (C=O) groups excluding carboxylic acids is 1. The third kappa shape index (κ3) is 3.78. The average Bonchev–Trinajstić information content (AvgIpc) is 2.41. The van der Waals surface area contributed by atoms with Gasteiger partial charge in [0.05, 0.1) is 0 Å². The smallest absolute Gasteiger partial charge is 0.271 e. The van der Waals surface area contributed by atoms with Crippen molar-refractivity contribution in [3.05, 3.63) is 23.5 Å². The van der Waals surface area contributed by atoms with Gasteiger partial charge in [-0.25, -0.2) is 0 Å². The second-order valence-corrected chi connectivity index (χ2v) is 3.76. The number of rotatable bonds is 1. The minimum absolute atomic E-state index is 0.0662. The summed E-state index contributed by atoms with van der Waals surface area (Å²) >= 11 is 0. The van der Waals surface area contributed by atoms with Crippen molar-refractivity contribution < 1.29 is 4.79 Å². The molecule has 0 aromatic carbocycles. The van der Waals surface area contributed by atoms with Crippen molar-refractivity contribution in [2.45, 2.75) is 20.8 Å². The molecule has 2 rings (SSSR count). The van der Waals surface area contributed by atoms with Gasteiger partial charge in [0.2, 0.25) is 0 Å². The van der Waals surface area contributed by atoms with E-state index in [9.17, 15) is 4.79 Å². The van der Waals surface area contributed by atoms with Crippen molar-refractivity contribution in [3.8, 4) is 0 Å². The van der Waals surface area contributed by atoms with Crippen LogP contribution in [0.1, 0.15) is 20.8 Å². The van der Waals surface area contributed by atoms with Crippen LogP contribution in [0.25, 0.3) is 0 Å². The topological polar surface area (TPSA) is 56.4 Å². The molecule has 3 N–H and O–H groups in total. The fourth-order valence-electron chi connectivity index (χ4n) is 1.69. The zero-order valence-electron chi connectivity index (χ0n) is 10.8. The molecule has 5 nitrogen and oxygen atoms in total. The van der Waals surface area contributed by atoms with Crippen molar-refractivity contribution in [1.29, 1.82) is 0 Å². The van der Waals surface area contributed by atoms with Crippen LogP contribution in [0.5, 0.6) is 0 Å². The number of hydrogen-bond acceptors (Lipinski definition) is 4. The van der Waals surface area contributed by atoms with Crippen LogP contribution in [-0.2, 0) is 4.79 Å². The van der Waals surface area contributed by atoms with Gasteiger partial charge >= 0.3 is 0 Å². The van der Waals surface area contributed by atoms with Crippen LogP contribution in [0.15, 0.2) is 23.5 Å². The third-order valence-corrected chi connectivity index (χ3v) is 2.51. The monoisotopic (exact) mass is 238 g/mol. The zero-order valence-corrected chi connectivity index (χ0v) is 10.8. The number of nitrogens with zero attached hydrogens (tertiary/aromatic N) is 1. The third-order valence-electron chi connectivity index (χ3n) is 2.51. The molecule has 0 atom stereocenters. The molecule has 5 heteroatoms. The summed E-state index contributed by atoms with van der Waals surface area (Å²) in [5.41, 5.74) is 7.40. The van der Waals surface area contributed by atoms with E-state index < -0.39 is 0 Å². The maximum absolute atomic E-state index is 12.0. The Bertz CT molecular complexity index is 316. The molecule has 0 bridgehead atoms. The van der Waals surface area contributed by atoms with Crippen LogP contribution in [-0.4, -0.2) is 37.0 Å². The van der Waals surface area contributed by atoms with Gasteiger partial charge in [0.15, 0.2) is 0 Å². The lowest BCUT2D eigenvalue weighted by molar-refractivity contribution is -0.128. The van der Waals surface area contributed by atoms with Gasteiger partial charge in [0.1, 0.15) is 5.70 Å². The van der Waals surface area contributed by atoms with Gasteiger partial charge in [0, 0.05) is 32.4 Å². The normalized spacial score (nSPS) is 18.9. The lowest BCUT2D eigenvalue weighted by atomic mass is 10.2. The van der Waals surface area contributed by atoms with Gasteiger partial charge in [-0.05, 0) is 18.6 Å². The summed E-state index contributed by atoms with van der Waals surface area (Å²) in [6.45, 7) is 9.27. The molecule has 0 radical (unpaired) electrons. The van der Waals surface area contributed by atoms with E-state index in [-0.39, 0.29) is 5.91 Å². The van der Waals surface area contributed by atoms with E-state index in [0.29, 0.717) is 5.70 Å². The van der Waals surface area contributed by atoms with E-state index in [0.717, 1.165) is 31.8 Å². The number of amides is 1. The van der Waals surface area contributed by atoms with Crippen LogP contribution in [0, 0.1) is 0 Å². The highest BCUT2D eigenvalue weighted by atomic mass is 16.2. The molecule has 96 valence electrons. The van der Waals surface area contributed by atoms with Gasteiger partial charge in [-0.3, -0.25) is 10.2 Å². The summed E-state index contributed by atoms with van der Waals surface area (Å²) in [7, 11) is 0. The van der Waals surface area contributed by atoms with Crippen LogP contribution < -0.4 is 16.2 Å². The van der Waals surface area contributed by atoms with Crippen molar-refractivity contribution in [3.63, 3.8) is 0 Å². The molecule has 0 aliphatic carbocycles. The number of hydrazine groups is 1. The fourth-order valence-corrected chi connectivity index (χ4v) is 1.69. The Morgan fingerprint density at radius 1 is 1.29 bits per heavy atom. The molecule has 0 aromatic heterocycles. The lowest BCUT2D eigenvalue weighted by Crippen LogP contribution is -2.49. The Kier molecular flexibility index (Phi) is 5.56. The van der Waals surface area contributed by atoms with Crippen molar-refractivity contribution in [2.75, 3.05) is 26.2 Å². The van der Waals surface area contributed by atoms with Crippen LogP contribution in [0.4, 0.5) is 0 Å². The molecule has 0 aromatic rings. The van der Waals surface area contributed by atoms with Gasteiger partial charge in [-0.1, -0.05) is 13.8 Å². The summed E-state index contributed by atoms with van der Waals surface area (Å²) in [5, 5.41) is 3.22. The van der Waals surface area contributed by atoms with E-state index in [1.54, 1.807) is 0 Å². The molecule has 1 fully saturated rings. The predicted molar refractivity (Wildman–Crippen MR) is 68.9 cm³/mol. The van der Waals surface area contributed by atoms with Crippen LogP contribution >= 0.6 is 0 Å². The fraction of sp³-hybridized carbons (Fsp3) is 0.583. The molecule has 2 heterocycles. The number of piperazine rings is 1. The number of nitrogens with one attached hydrogen (secondary N) is 3. The molecule has 0 saturated carbocycles. The Labute approximate surface area is 103 Å². The molecule has 2 aliphatic heterocycles. The SMILES string of the molecule is CC.CC1=CNNC(C(=O)N2CCNCC2)=C1. The summed E-state index contributed by atoms with van der Waals surface area (Å²) < 4.78 is 0. The zero-order chi connectivity index (χ0) is 12.7. The summed E-state index contributed by atoms with van der Waals surface area (Å²) in [5.74, 6) is 0.0662. The van der Waals surface area contributed by atoms with E-state index in [1.807, 2.05) is 37.9 Å². The second-order valence-electron chi connectivity index (χ2n) is 3.76. The Balaban J connectivity index is 0.000000686. The van der Waals surface area contributed by atoms with Crippen LogP contribution in [0.2, 0.25) is 0 Å². The Morgan fingerprint density at radius 2 is 1.94 bits per heavy atom. The molecule has 0 unspecified atom stereocenters. The van der Waals surface area contributed by atoms with Gasteiger partial charge in [0.25, 0.3) is 5.91 Å². The predicted octanol–water partition coefficient (Wildman–Crippen LogP) is 0.340. The largest absolute Gasteiger partial charge is 0.335 e. The summed E-state index contributed by atoms with van der Waals surface area (Å²) in [6, 6.07) is 0. The van der Waals surface area contributed by atoms with Gasteiger partial charge < -0.3 is 15.6 Å². The lowest BCUT2D eigenvalue weighted by Gasteiger charge is -2.29. The van der Waals surface area contributed by atoms with Crippen molar-refractivity contribution in [2.24, 2.45) is 0 Å². The van der Waals surface area contributed by atoms with E-state index in [2.05, 4.69) is 16.2 Å². The maximum atomic E-state index is 12.0. The summed E-state index contributed by atoms with van der Waals surface area (Å²) in [4.78, 5) is 13.9.